The first-order valence-corrected chi connectivity index (χ1v) is 15.6. The minimum Gasteiger partial charge on any atom is -0.466 e. The molecule has 2 atom stereocenters. The Kier molecular flexibility index (Phi) is 10.5. The average molecular weight is 604 g/mol. The Bertz CT molecular complexity index is 1470. The van der Waals surface area contributed by atoms with Gasteiger partial charge in [0.25, 0.3) is 5.91 Å². The van der Waals surface area contributed by atoms with E-state index in [1.54, 1.807) is 24.1 Å². The summed E-state index contributed by atoms with van der Waals surface area (Å²) in [4.78, 5) is 38.8. The molecular weight excluding hydrogens is 557 g/mol. The van der Waals surface area contributed by atoms with Crippen LogP contribution < -0.4 is 4.90 Å². The largest absolute Gasteiger partial charge is 0.466 e. The minimum atomic E-state index is -0.425. The highest BCUT2D eigenvalue weighted by atomic mass is 19.1. The monoisotopic (exact) mass is 603 g/mol. The third kappa shape index (κ3) is 6.37. The third-order valence-electron chi connectivity index (χ3n) is 8.69. The first-order chi connectivity index (χ1) is 21.2. The zero-order valence-corrected chi connectivity index (χ0v) is 27.4. The van der Waals surface area contributed by atoms with E-state index in [4.69, 9.17) is 9.73 Å². The van der Waals surface area contributed by atoms with Crippen LogP contribution in [0.5, 0.6) is 0 Å². The maximum absolute atomic E-state index is 16.1. The lowest BCUT2D eigenvalue weighted by Gasteiger charge is -2.31. The fourth-order valence-electron chi connectivity index (χ4n) is 6.31. The van der Waals surface area contributed by atoms with Gasteiger partial charge in [-0.15, -0.1) is 0 Å². The number of carbonyl (C=O) groups is 2. The van der Waals surface area contributed by atoms with Gasteiger partial charge in [0.15, 0.2) is 5.82 Å². The van der Waals surface area contributed by atoms with Gasteiger partial charge in [-0.3, -0.25) is 4.79 Å². The van der Waals surface area contributed by atoms with Gasteiger partial charge in [-0.25, -0.2) is 14.2 Å². The molecule has 4 aliphatic heterocycles. The van der Waals surface area contributed by atoms with Crippen LogP contribution in [-0.4, -0.2) is 85.2 Å². The quantitative estimate of drug-likeness (QED) is 0.385. The van der Waals surface area contributed by atoms with Gasteiger partial charge in [0.2, 0.25) is 0 Å². The van der Waals surface area contributed by atoms with Crippen molar-refractivity contribution in [1.82, 2.24) is 14.7 Å². The van der Waals surface area contributed by atoms with Crippen molar-refractivity contribution in [3.8, 4) is 0 Å². The lowest BCUT2D eigenvalue weighted by molar-refractivity contribution is -0.136. The SMILES string of the molecule is C/C=C(\C=C1\N=C(C(=O)N2CCN3C=CCC3CC2C)C=C(CC)N1C)c1ccc2c(c1F)N(C)CC(C(=O)OC)=C2.CC. The number of halogens is 1. The zero-order chi connectivity index (χ0) is 32.1. The van der Waals surface area contributed by atoms with Gasteiger partial charge in [-0.05, 0) is 63.1 Å². The van der Waals surface area contributed by atoms with Gasteiger partial charge in [-0.2, -0.15) is 0 Å². The number of aliphatic imine (C=N–C) groups is 1. The Morgan fingerprint density at radius 1 is 1.16 bits per heavy atom. The molecule has 236 valence electrons. The van der Waals surface area contributed by atoms with Gasteiger partial charge in [0.1, 0.15) is 11.5 Å². The molecule has 1 aromatic rings. The molecule has 1 saturated heterocycles. The Hall–Kier alpha value is -4.14. The highest BCUT2D eigenvalue weighted by Gasteiger charge is 2.33. The normalized spacial score (nSPS) is 22.3. The number of hydrogen-bond acceptors (Lipinski definition) is 7. The molecule has 44 heavy (non-hydrogen) atoms. The summed E-state index contributed by atoms with van der Waals surface area (Å²) < 4.78 is 21.0. The van der Waals surface area contributed by atoms with E-state index in [2.05, 4.69) is 24.1 Å². The molecule has 8 nitrogen and oxygen atoms in total. The molecule has 2 unspecified atom stereocenters. The standard InChI is InChI=1S/C33H40FN5O3.C2H6/c1-7-22(27-12-11-23-17-24(33(41)42-6)20-36(4)31(23)30(27)34)18-29-35-28(19-25(8-2)37(29)5)32(40)39-15-14-38-13-9-10-26(38)16-21(39)3;1-2/h7,9,11-13,17-19,21,26H,8,10,14-16,20H2,1-6H3;1-2H3/b22-7+,29-18-;. The van der Waals surface area contributed by atoms with E-state index in [9.17, 15) is 9.59 Å². The van der Waals surface area contributed by atoms with Crippen molar-refractivity contribution in [3.63, 3.8) is 0 Å². The smallest absolute Gasteiger partial charge is 0.335 e. The number of nitrogens with zero attached hydrogens (tertiary/aromatic N) is 5. The molecule has 4 aliphatic rings. The molecule has 1 aromatic carbocycles. The van der Waals surface area contributed by atoms with Crippen molar-refractivity contribution in [2.45, 2.75) is 66.0 Å². The van der Waals surface area contributed by atoms with Gasteiger partial charge >= 0.3 is 5.97 Å². The predicted octanol–water partition coefficient (Wildman–Crippen LogP) is 5.99. The molecule has 1 fully saturated rings. The average Bonchev–Trinajstić information content (AvgIpc) is 3.41. The molecule has 0 bridgehead atoms. The number of fused-ring (bicyclic) bond motifs is 2. The van der Waals surface area contributed by atoms with E-state index in [0.717, 1.165) is 25.1 Å². The first-order valence-electron chi connectivity index (χ1n) is 15.6. The van der Waals surface area contributed by atoms with Crippen molar-refractivity contribution < 1.29 is 18.7 Å². The van der Waals surface area contributed by atoms with E-state index in [0.29, 0.717) is 58.5 Å². The molecule has 0 saturated carbocycles. The van der Waals surface area contributed by atoms with Crippen LogP contribution in [-0.2, 0) is 14.3 Å². The van der Waals surface area contributed by atoms with E-state index >= 15 is 4.39 Å². The molecule has 0 spiro atoms. The maximum atomic E-state index is 16.1. The topological polar surface area (TPSA) is 68.7 Å². The fraction of sp³-hybridized carbons (Fsp3) is 0.457. The number of rotatable bonds is 5. The summed E-state index contributed by atoms with van der Waals surface area (Å²) in [5.74, 6) is -0.298. The van der Waals surface area contributed by atoms with Crippen molar-refractivity contribution >= 4 is 34.9 Å². The summed E-state index contributed by atoms with van der Waals surface area (Å²) in [6.07, 6.45) is 14.3. The van der Waals surface area contributed by atoms with Crippen molar-refractivity contribution in [2.24, 2.45) is 4.99 Å². The second-order valence-electron chi connectivity index (χ2n) is 11.3. The Morgan fingerprint density at radius 3 is 2.59 bits per heavy atom. The molecule has 0 radical (unpaired) electrons. The summed E-state index contributed by atoms with van der Waals surface area (Å²) >= 11 is 0. The molecule has 0 N–H and O–H groups in total. The Balaban J connectivity index is 0.00000216. The lowest BCUT2D eigenvalue weighted by Crippen LogP contribution is -2.44. The van der Waals surface area contributed by atoms with Crippen LogP contribution in [0.2, 0.25) is 0 Å². The number of anilines is 1. The zero-order valence-electron chi connectivity index (χ0n) is 27.4. The maximum Gasteiger partial charge on any atom is 0.335 e. The molecule has 9 heteroatoms. The number of allylic oxidation sites excluding steroid dienone is 4. The molecule has 1 amide bonds. The number of likely N-dealkylation sites (N-methyl/N-ethyl adjacent to an activating group) is 1. The Morgan fingerprint density at radius 2 is 1.91 bits per heavy atom. The van der Waals surface area contributed by atoms with Crippen LogP contribution in [0.4, 0.5) is 10.1 Å². The van der Waals surface area contributed by atoms with Crippen LogP contribution in [0, 0.1) is 5.82 Å². The highest BCUT2D eigenvalue weighted by molar-refractivity contribution is 6.43. The molecule has 5 rings (SSSR count). The molecule has 0 aromatic heterocycles. The van der Waals surface area contributed by atoms with Crippen LogP contribution >= 0.6 is 0 Å². The fourth-order valence-corrected chi connectivity index (χ4v) is 6.31. The molecule has 4 heterocycles. The van der Waals surface area contributed by atoms with E-state index in [1.807, 2.05) is 68.8 Å². The summed E-state index contributed by atoms with van der Waals surface area (Å²) in [7, 11) is 5.02. The number of hydrogen-bond donors (Lipinski definition) is 0. The van der Waals surface area contributed by atoms with E-state index in [-0.39, 0.29) is 24.3 Å². The van der Waals surface area contributed by atoms with Crippen molar-refractivity contribution in [1.29, 1.82) is 0 Å². The van der Waals surface area contributed by atoms with Gasteiger partial charge < -0.3 is 24.3 Å². The first kappa shape index (κ1) is 32.8. The van der Waals surface area contributed by atoms with Crippen molar-refractivity contribution in [3.05, 3.63) is 76.7 Å². The van der Waals surface area contributed by atoms with Crippen LogP contribution in [0.3, 0.4) is 0 Å². The van der Waals surface area contributed by atoms with Gasteiger partial charge in [0.05, 0.1) is 18.4 Å². The summed E-state index contributed by atoms with van der Waals surface area (Å²) in [6, 6.07) is 4.08. The van der Waals surface area contributed by atoms with Gasteiger partial charge in [-0.1, -0.05) is 45.1 Å². The molecular formula is C35H46FN5O3. The second kappa shape index (κ2) is 14.1. The number of amides is 1. The lowest BCUT2D eigenvalue weighted by atomic mass is 9.96. The minimum absolute atomic E-state index is 0.0746. The summed E-state index contributed by atoms with van der Waals surface area (Å²) in [5.41, 5.74) is 3.95. The number of benzene rings is 1. The Labute approximate surface area is 261 Å². The van der Waals surface area contributed by atoms with E-state index < -0.39 is 5.97 Å². The predicted molar refractivity (Wildman–Crippen MR) is 176 cm³/mol. The van der Waals surface area contributed by atoms with Gasteiger partial charge in [0, 0.05) is 62.6 Å². The van der Waals surface area contributed by atoms with Crippen molar-refractivity contribution in [2.75, 3.05) is 45.7 Å². The van der Waals surface area contributed by atoms with E-state index in [1.165, 1.54) is 7.11 Å². The van der Waals surface area contributed by atoms with Crippen LogP contribution in [0.15, 0.2) is 64.7 Å². The van der Waals surface area contributed by atoms with Crippen LogP contribution in [0.1, 0.15) is 65.0 Å². The third-order valence-corrected chi connectivity index (χ3v) is 8.69. The second-order valence-corrected chi connectivity index (χ2v) is 11.3. The molecule has 0 aliphatic carbocycles. The summed E-state index contributed by atoms with van der Waals surface area (Å²) in [6.45, 7) is 11.7. The summed E-state index contributed by atoms with van der Waals surface area (Å²) in [5, 5.41) is 0. The number of esters is 1. The van der Waals surface area contributed by atoms with Crippen LogP contribution in [0.25, 0.3) is 11.6 Å². The number of methoxy groups -OCH3 is 1. The number of carbonyl (C=O) groups excluding carboxylic acids is 2. The highest BCUT2D eigenvalue weighted by Crippen LogP contribution is 2.36. The number of ether oxygens (including phenoxy) is 1.